The van der Waals surface area contributed by atoms with Gasteiger partial charge in [0.15, 0.2) is 0 Å². The molecule has 1 aromatic carbocycles. The number of nitrogens with zero attached hydrogens (tertiary/aromatic N) is 1. The van der Waals surface area contributed by atoms with Crippen LogP contribution in [0.25, 0.3) is 10.9 Å². The number of pyridine rings is 1. The summed E-state index contributed by atoms with van der Waals surface area (Å²) in [6.07, 6.45) is 4.83. The van der Waals surface area contributed by atoms with Gasteiger partial charge in [0.1, 0.15) is 0 Å². The molecule has 0 bridgehead atoms. The largest absolute Gasteiger partial charge is 0.325 e. The van der Waals surface area contributed by atoms with Crippen molar-refractivity contribution in [1.82, 2.24) is 4.98 Å². The second-order valence-corrected chi connectivity index (χ2v) is 6.19. The van der Waals surface area contributed by atoms with Crippen molar-refractivity contribution in [2.24, 2.45) is 5.92 Å². The van der Waals surface area contributed by atoms with E-state index in [1.165, 1.54) is 0 Å². The summed E-state index contributed by atoms with van der Waals surface area (Å²) in [5.41, 5.74) is 4.04. The van der Waals surface area contributed by atoms with E-state index in [0.717, 1.165) is 60.0 Å². The Hall–Kier alpha value is -1.90. The second kappa shape index (κ2) is 8.09. The van der Waals surface area contributed by atoms with Crippen molar-refractivity contribution >= 4 is 22.5 Å². The Morgan fingerprint density at radius 1 is 1.13 bits per heavy atom. The van der Waals surface area contributed by atoms with E-state index in [4.69, 9.17) is 4.98 Å². The lowest BCUT2D eigenvalue weighted by Gasteiger charge is -2.19. The minimum absolute atomic E-state index is 0.0985. The third-order valence-electron chi connectivity index (χ3n) is 4.46. The summed E-state index contributed by atoms with van der Waals surface area (Å²) in [4.78, 5) is 17.5. The SMILES string of the molecule is CCCC(CCC)C(=O)Nc1c(C)c(CC)nc2ccccc12. The maximum absolute atomic E-state index is 12.8. The zero-order chi connectivity index (χ0) is 16.8. The third-order valence-corrected chi connectivity index (χ3v) is 4.46. The minimum atomic E-state index is 0.0985. The minimum Gasteiger partial charge on any atom is -0.325 e. The maximum Gasteiger partial charge on any atom is 0.227 e. The van der Waals surface area contributed by atoms with E-state index in [1.807, 2.05) is 24.3 Å². The average Bonchev–Trinajstić information content (AvgIpc) is 2.56. The first-order valence-corrected chi connectivity index (χ1v) is 8.81. The molecule has 0 aliphatic rings. The molecular weight excluding hydrogens is 284 g/mol. The highest BCUT2D eigenvalue weighted by molar-refractivity contribution is 6.03. The van der Waals surface area contributed by atoms with Crippen molar-refractivity contribution in [1.29, 1.82) is 0 Å². The van der Waals surface area contributed by atoms with Crippen molar-refractivity contribution in [2.75, 3.05) is 5.32 Å². The lowest BCUT2D eigenvalue weighted by Crippen LogP contribution is -2.23. The highest BCUT2D eigenvalue weighted by atomic mass is 16.1. The van der Waals surface area contributed by atoms with Crippen LogP contribution in [0, 0.1) is 12.8 Å². The lowest BCUT2D eigenvalue weighted by molar-refractivity contribution is -0.120. The van der Waals surface area contributed by atoms with Gasteiger partial charge in [-0.15, -0.1) is 0 Å². The molecule has 124 valence electrons. The third kappa shape index (κ3) is 3.90. The predicted octanol–water partition coefficient (Wildman–Crippen LogP) is 5.26. The Kier molecular flexibility index (Phi) is 6.14. The molecule has 1 aromatic heterocycles. The van der Waals surface area contributed by atoms with Crippen molar-refractivity contribution in [2.45, 2.75) is 59.8 Å². The second-order valence-electron chi connectivity index (χ2n) is 6.19. The Morgan fingerprint density at radius 3 is 2.39 bits per heavy atom. The monoisotopic (exact) mass is 312 g/mol. The molecule has 2 rings (SSSR count). The van der Waals surface area contributed by atoms with Gasteiger partial charge in [0.05, 0.1) is 11.2 Å². The van der Waals surface area contributed by atoms with Gasteiger partial charge < -0.3 is 5.32 Å². The van der Waals surface area contributed by atoms with Crippen molar-refractivity contribution < 1.29 is 4.79 Å². The Morgan fingerprint density at radius 2 is 1.78 bits per heavy atom. The molecule has 0 radical (unpaired) electrons. The van der Waals surface area contributed by atoms with E-state index in [0.29, 0.717) is 0 Å². The average molecular weight is 312 g/mol. The molecule has 0 aliphatic carbocycles. The molecule has 23 heavy (non-hydrogen) atoms. The first kappa shape index (κ1) is 17.5. The number of benzene rings is 1. The van der Waals surface area contributed by atoms with Gasteiger partial charge in [0.25, 0.3) is 0 Å². The van der Waals surface area contributed by atoms with E-state index in [1.54, 1.807) is 0 Å². The number of para-hydroxylation sites is 1. The van der Waals surface area contributed by atoms with E-state index in [2.05, 4.69) is 33.0 Å². The number of nitrogens with one attached hydrogen (secondary N) is 1. The van der Waals surface area contributed by atoms with Crippen LogP contribution >= 0.6 is 0 Å². The van der Waals surface area contributed by atoms with Gasteiger partial charge in [-0.25, -0.2) is 0 Å². The fourth-order valence-corrected chi connectivity index (χ4v) is 3.19. The predicted molar refractivity (Wildman–Crippen MR) is 97.8 cm³/mol. The van der Waals surface area contributed by atoms with Crippen LogP contribution in [-0.4, -0.2) is 10.9 Å². The highest BCUT2D eigenvalue weighted by Crippen LogP contribution is 2.29. The Labute approximate surface area is 139 Å². The van der Waals surface area contributed by atoms with Crippen molar-refractivity contribution in [3.05, 3.63) is 35.5 Å². The van der Waals surface area contributed by atoms with Gasteiger partial charge in [-0.2, -0.15) is 0 Å². The van der Waals surface area contributed by atoms with Crippen molar-refractivity contribution in [3.8, 4) is 0 Å². The number of fused-ring (bicyclic) bond motifs is 1. The van der Waals surface area contributed by atoms with Gasteiger partial charge in [-0.3, -0.25) is 9.78 Å². The Bertz CT molecular complexity index is 673. The van der Waals surface area contributed by atoms with E-state index in [-0.39, 0.29) is 11.8 Å². The first-order chi connectivity index (χ1) is 11.1. The number of amides is 1. The molecule has 0 saturated heterocycles. The molecule has 0 spiro atoms. The summed E-state index contributed by atoms with van der Waals surface area (Å²) in [6, 6.07) is 8.05. The van der Waals surface area contributed by atoms with E-state index in [9.17, 15) is 4.79 Å². The van der Waals surface area contributed by atoms with Crippen LogP contribution in [0.4, 0.5) is 5.69 Å². The summed E-state index contributed by atoms with van der Waals surface area (Å²) >= 11 is 0. The normalized spacial score (nSPS) is 11.2. The number of anilines is 1. The van der Waals surface area contributed by atoms with Crippen LogP contribution in [-0.2, 0) is 11.2 Å². The maximum atomic E-state index is 12.8. The lowest BCUT2D eigenvalue weighted by atomic mass is 9.96. The summed E-state index contributed by atoms with van der Waals surface area (Å²) in [5.74, 6) is 0.247. The van der Waals surface area contributed by atoms with Crippen molar-refractivity contribution in [3.63, 3.8) is 0 Å². The number of aromatic nitrogens is 1. The molecule has 0 atom stereocenters. The number of aryl methyl sites for hydroxylation is 1. The standard InChI is InChI=1S/C20H28N2O/c1-5-10-15(11-6-2)20(23)22-19-14(4)17(7-3)21-18-13-9-8-12-16(18)19/h8-9,12-13,15H,5-7,10-11H2,1-4H3,(H,21,22,23). The summed E-state index contributed by atoms with van der Waals surface area (Å²) in [6.45, 7) is 8.44. The van der Waals surface area contributed by atoms with Gasteiger partial charge in [-0.05, 0) is 37.8 Å². The topological polar surface area (TPSA) is 42.0 Å². The van der Waals surface area contributed by atoms with Gasteiger partial charge in [0, 0.05) is 17.0 Å². The molecular formula is C20H28N2O. The van der Waals surface area contributed by atoms with Crippen LogP contribution in [0.3, 0.4) is 0 Å². The fourth-order valence-electron chi connectivity index (χ4n) is 3.19. The quantitative estimate of drug-likeness (QED) is 0.757. The van der Waals surface area contributed by atoms with Crippen LogP contribution in [0.15, 0.2) is 24.3 Å². The van der Waals surface area contributed by atoms with Crippen LogP contribution in [0.2, 0.25) is 0 Å². The van der Waals surface area contributed by atoms with Gasteiger partial charge in [0.2, 0.25) is 5.91 Å². The molecule has 2 aromatic rings. The molecule has 0 unspecified atom stereocenters. The van der Waals surface area contributed by atoms with Crippen LogP contribution < -0.4 is 5.32 Å². The van der Waals surface area contributed by atoms with E-state index < -0.39 is 0 Å². The zero-order valence-electron chi connectivity index (χ0n) is 14.8. The van der Waals surface area contributed by atoms with Crippen LogP contribution in [0.1, 0.15) is 57.7 Å². The number of carbonyl (C=O) groups excluding carboxylic acids is 1. The van der Waals surface area contributed by atoms with E-state index >= 15 is 0 Å². The summed E-state index contributed by atoms with van der Waals surface area (Å²) in [5, 5.41) is 4.25. The highest BCUT2D eigenvalue weighted by Gasteiger charge is 2.19. The summed E-state index contributed by atoms with van der Waals surface area (Å²) < 4.78 is 0. The molecule has 3 heteroatoms. The number of rotatable bonds is 7. The molecule has 1 amide bonds. The Balaban J connectivity index is 2.41. The van der Waals surface area contributed by atoms with Gasteiger partial charge in [-0.1, -0.05) is 51.8 Å². The fraction of sp³-hybridized carbons (Fsp3) is 0.500. The zero-order valence-corrected chi connectivity index (χ0v) is 14.8. The number of hydrogen-bond donors (Lipinski definition) is 1. The molecule has 1 heterocycles. The number of carbonyl (C=O) groups is 1. The molecule has 0 fully saturated rings. The first-order valence-electron chi connectivity index (χ1n) is 8.81. The number of hydrogen-bond acceptors (Lipinski definition) is 2. The summed E-state index contributed by atoms with van der Waals surface area (Å²) in [7, 11) is 0. The molecule has 3 nitrogen and oxygen atoms in total. The van der Waals surface area contributed by atoms with Gasteiger partial charge >= 0.3 is 0 Å². The van der Waals surface area contributed by atoms with Crippen LogP contribution in [0.5, 0.6) is 0 Å². The smallest absolute Gasteiger partial charge is 0.227 e. The molecule has 0 saturated carbocycles. The molecule has 1 N–H and O–H groups in total. The molecule has 0 aliphatic heterocycles.